The van der Waals surface area contributed by atoms with Crippen molar-refractivity contribution < 1.29 is 13.2 Å². The molecule has 5 nitrogen and oxygen atoms in total. The van der Waals surface area contributed by atoms with Gasteiger partial charge in [-0.1, -0.05) is 31.2 Å². The average Bonchev–Trinajstić information content (AvgIpc) is 3.31. The molecule has 4 rings (SSSR count). The predicted molar refractivity (Wildman–Crippen MR) is 111 cm³/mol. The number of carbonyl (C=O) groups excluding carboxylic acids is 1. The second-order valence-electron chi connectivity index (χ2n) is 8.78. The number of benzene rings is 1. The number of likely N-dealkylation sites (tertiary alicyclic amines) is 1. The lowest BCUT2D eigenvalue weighted by Crippen LogP contribution is -2.45. The highest BCUT2D eigenvalue weighted by atomic mass is 32.2. The van der Waals surface area contributed by atoms with Crippen LogP contribution in [0.3, 0.4) is 0 Å². The van der Waals surface area contributed by atoms with Crippen molar-refractivity contribution in [2.24, 2.45) is 0 Å². The summed E-state index contributed by atoms with van der Waals surface area (Å²) in [6.45, 7) is 4.93. The summed E-state index contributed by atoms with van der Waals surface area (Å²) in [6, 6.07) is 8.57. The molecule has 28 heavy (non-hydrogen) atoms. The number of fused-ring (bicyclic) bond motifs is 2. The zero-order chi connectivity index (χ0) is 19.8. The number of sulfonamides is 1. The van der Waals surface area contributed by atoms with E-state index in [0.717, 1.165) is 45.2 Å². The van der Waals surface area contributed by atoms with Gasteiger partial charge in [-0.25, -0.2) is 12.7 Å². The molecule has 154 valence electrons. The van der Waals surface area contributed by atoms with Crippen LogP contribution in [-0.2, 0) is 20.2 Å². The fourth-order valence-corrected chi connectivity index (χ4v) is 7.08. The highest BCUT2D eigenvalue weighted by molar-refractivity contribution is 7.89. The van der Waals surface area contributed by atoms with Gasteiger partial charge in [0.25, 0.3) is 0 Å². The fraction of sp³-hybridized carbons (Fsp3) is 0.682. The summed E-state index contributed by atoms with van der Waals surface area (Å²) in [5.74, 6) is 0.796. The summed E-state index contributed by atoms with van der Waals surface area (Å²) in [7, 11) is -3.13. The molecule has 1 atom stereocenters. The van der Waals surface area contributed by atoms with E-state index >= 15 is 0 Å². The van der Waals surface area contributed by atoms with Crippen LogP contribution >= 0.6 is 0 Å². The predicted octanol–water partition coefficient (Wildman–Crippen LogP) is 3.26. The number of hydrogen-bond acceptors (Lipinski definition) is 3. The molecular weight excluding hydrogens is 372 g/mol. The number of rotatable bonds is 5. The molecule has 0 bridgehead atoms. The van der Waals surface area contributed by atoms with Crippen LogP contribution in [0.2, 0.25) is 0 Å². The van der Waals surface area contributed by atoms with Crippen molar-refractivity contribution in [3.8, 4) is 0 Å². The third-order valence-electron chi connectivity index (χ3n) is 7.02. The van der Waals surface area contributed by atoms with Gasteiger partial charge in [0.2, 0.25) is 15.9 Å². The van der Waals surface area contributed by atoms with Crippen LogP contribution in [0.4, 0.5) is 0 Å². The molecule has 1 aliphatic carbocycles. The van der Waals surface area contributed by atoms with Gasteiger partial charge >= 0.3 is 0 Å². The lowest BCUT2D eigenvalue weighted by Gasteiger charge is -2.39. The monoisotopic (exact) mass is 404 g/mol. The first kappa shape index (κ1) is 19.9. The van der Waals surface area contributed by atoms with Crippen LogP contribution in [0.5, 0.6) is 0 Å². The Morgan fingerprint density at radius 3 is 2.46 bits per heavy atom. The van der Waals surface area contributed by atoms with Gasteiger partial charge in [0.05, 0.1) is 5.75 Å². The van der Waals surface area contributed by atoms with Crippen molar-refractivity contribution in [3.05, 3.63) is 35.4 Å². The Hall–Kier alpha value is -1.40. The molecular formula is C22H32N2O3S. The van der Waals surface area contributed by atoms with Gasteiger partial charge in [0.1, 0.15) is 0 Å². The third kappa shape index (κ3) is 3.61. The quantitative estimate of drug-likeness (QED) is 0.757. The minimum atomic E-state index is -3.13. The van der Waals surface area contributed by atoms with Gasteiger partial charge in [-0.3, -0.25) is 4.79 Å². The van der Waals surface area contributed by atoms with Gasteiger partial charge in [-0.05, 0) is 61.0 Å². The second kappa shape index (κ2) is 7.79. The first-order chi connectivity index (χ1) is 13.5. The molecule has 2 fully saturated rings. The number of hydrogen-bond donors (Lipinski definition) is 0. The highest BCUT2D eigenvalue weighted by Crippen LogP contribution is 2.53. The number of amides is 1. The fourth-order valence-electron chi connectivity index (χ4n) is 5.57. The van der Waals surface area contributed by atoms with Crippen molar-refractivity contribution in [2.45, 2.75) is 63.2 Å². The maximum atomic E-state index is 12.8. The van der Waals surface area contributed by atoms with Crippen molar-refractivity contribution in [2.75, 3.05) is 31.9 Å². The maximum absolute atomic E-state index is 12.8. The standard InChI is InChI=1S/C22H32N2O3S/c1-2-15-28(26,27)24-13-9-22(10-14-24)17-18(19-7-3-4-8-20(19)22)16-21(25)23-11-5-6-12-23/h3-4,7-8,18H,2,5-6,9-17H2,1H3/t18-/m1/s1. The summed E-state index contributed by atoms with van der Waals surface area (Å²) >= 11 is 0. The van der Waals surface area contributed by atoms with E-state index in [4.69, 9.17) is 0 Å². The zero-order valence-electron chi connectivity index (χ0n) is 16.9. The first-order valence-corrected chi connectivity index (χ1v) is 12.4. The number of nitrogens with zero attached hydrogens (tertiary/aromatic N) is 2. The molecule has 1 aromatic carbocycles. The molecule has 6 heteroatoms. The maximum Gasteiger partial charge on any atom is 0.223 e. The Balaban J connectivity index is 1.51. The molecule has 2 heterocycles. The van der Waals surface area contributed by atoms with E-state index in [0.29, 0.717) is 25.9 Å². The highest BCUT2D eigenvalue weighted by Gasteiger charge is 2.47. The van der Waals surface area contributed by atoms with E-state index < -0.39 is 10.0 Å². The van der Waals surface area contributed by atoms with E-state index in [-0.39, 0.29) is 23.0 Å². The van der Waals surface area contributed by atoms with E-state index in [9.17, 15) is 13.2 Å². The lowest BCUT2D eigenvalue weighted by molar-refractivity contribution is -0.130. The number of carbonyl (C=O) groups is 1. The molecule has 0 unspecified atom stereocenters. The molecule has 1 aromatic rings. The lowest BCUT2D eigenvalue weighted by atomic mass is 9.73. The van der Waals surface area contributed by atoms with Crippen LogP contribution in [0.15, 0.2) is 24.3 Å². The Labute approximate surface area is 169 Å². The van der Waals surface area contributed by atoms with E-state index in [2.05, 4.69) is 24.3 Å². The molecule has 3 aliphatic rings. The smallest absolute Gasteiger partial charge is 0.223 e. The zero-order valence-corrected chi connectivity index (χ0v) is 17.7. The van der Waals surface area contributed by atoms with Crippen molar-refractivity contribution >= 4 is 15.9 Å². The van der Waals surface area contributed by atoms with Crippen molar-refractivity contribution in [1.29, 1.82) is 0 Å². The normalized spacial score (nSPS) is 24.6. The van der Waals surface area contributed by atoms with E-state index in [1.165, 1.54) is 11.1 Å². The van der Waals surface area contributed by atoms with Crippen molar-refractivity contribution in [3.63, 3.8) is 0 Å². The number of piperidine rings is 1. The summed E-state index contributed by atoms with van der Waals surface area (Å²) in [5, 5.41) is 0. The Kier molecular flexibility index (Phi) is 5.53. The molecule has 0 saturated carbocycles. The molecule has 0 N–H and O–H groups in total. The largest absolute Gasteiger partial charge is 0.343 e. The van der Waals surface area contributed by atoms with Crippen LogP contribution in [0.25, 0.3) is 0 Å². The van der Waals surface area contributed by atoms with Crippen LogP contribution in [0, 0.1) is 0 Å². The molecule has 2 aliphatic heterocycles. The Morgan fingerprint density at radius 1 is 1.11 bits per heavy atom. The average molecular weight is 405 g/mol. The van der Waals surface area contributed by atoms with Crippen LogP contribution < -0.4 is 0 Å². The molecule has 0 radical (unpaired) electrons. The molecule has 1 spiro atoms. The molecule has 1 amide bonds. The van der Waals surface area contributed by atoms with Crippen molar-refractivity contribution in [1.82, 2.24) is 9.21 Å². The van der Waals surface area contributed by atoms with Crippen LogP contribution in [-0.4, -0.2) is 55.5 Å². The summed E-state index contributed by atoms with van der Waals surface area (Å²) in [5.41, 5.74) is 2.71. The SMILES string of the molecule is CCCS(=O)(=O)N1CCC2(CC1)C[C@@H](CC(=O)N1CCCC1)c1ccccc12. The Bertz CT molecular complexity index is 822. The minimum absolute atomic E-state index is 0.0325. The summed E-state index contributed by atoms with van der Waals surface area (Å²) in [6.07, 6.45) is 6.21. The van der Waals surface area contributed by atoms with Gasteiger partial charge in [0.15, 0.2) is 0 Å². The second-order valence-corrected chi connectivity index (χ2v) is 10.9. The summed E-state index contributed by atoms with van der Waals surface area (Å²) < 4.78 is 26.6. The minimum Gasteiger partial charge on any atom is -0.343 e. The van der Waals surface area contributed by atoms with Gasteiger partial charge in [-0.2, -0.15) is 0 Å². The van der Waals surface area contributed by atoms with Gasteiger partial charge in [-0.15, -0.1) is 0 Å². The Morgan fingerprint density at radius 2 is 1.79 bits per heavy atom. The van der Waals surface area contributed by atoms with E-state index in [1.54, 1.807) is 4.31 Å². The van der Waals surface area contributed by atoms with Gasteiger partial charge < -0.3 is 4.90 Å². The molecule has 0 aromatic heterocycles. The van der Waals surface area contributed by atoms with E-state index in [1.807, 2.05) is 11.8 Å². The van der Waals surface area contributed by atoms with Gasteiger partial charge in [0, 0.05) is 32.6 Å². The topological polar surface area (TPSA) is 57.7 Å². The van der Waals surface area contributed by atoms with Crippen LogP contribution in [0.1, 0.15) is 68.9 Å². The third-order valence-corrected chi connectivity index (χ3v) is 9.10. The first-order valence-electron chi connectivity index (χ1n) is 10.8. The summed E-state index contributed by atoms with van der Waals surface area (Å²) in [4.78, 5) is 14.8. The molecule has 2 saturated heterocycles.